The molecule has 1 aliphatic rings. The maximum absolute atomic E-state index is 5.18. The van der Waals surface area contributed by atoms with E-state index >= 15 is 0 Å². The van der Waals surface area contributed by atoms with Crippen molar-refractivity contribution < 1.29 is 4.74 Å². The third-order valence-electron chi connectivity index (χ3n) is 3.96. The first-order chi connectivity index (χ1) is 9.67. The van der Waals surface area contributed by atoms with Gasteiger partial charge in [-0.3, -0.25) is 0 Å². The van der Waals surface area contributed by atoms with Gasteiger partial charge in [0.2, 0.25) is 0 Å². The summed E-state index contributed by atoms with van der Waals surface area (Å²) in [5, 5.41) is 3.68. The lowest BCUT2D eigenvalue weighted by atomic mass is 10.0. The maximum atomic E-state index is 5.18. The van der Waals surface area contributed by atoms with Gasteiger partial charge >= 0.3 is 0 Å². The molecule has 1 fully saturated rings. The molecule has 0 amide bonds. The number of likely N-dealkylation sites (tertiary alicyclic amines) is 1. The van der Waals surface area contributed by atoms with Crippen molar-refractivity contribution >= 4 is 0 Å². The molecule has 1 N–H and O–H groups in total. The number of hydrogen-bond acceptors (Lipinski definition) is 3. The summed E-state index contributed by atoms with van der Waals surface area (Å²) >= 11 is 0. The first-order valence-corrected chi connectivity index (χ1v) is 7.76. The maximum Gasteiger partial charge on any atom is 0.118 e. The summed E-state index contributed by atoms with van der Waals surface area (Å²) in [5.41, 5.74) is 1.33. The second-order valence-corrected chi connectivity index (χ2v) is 6.20. The highest BCUT2D eigenvalue weighted by molar-refractivity contribution is 5.27. The monoisotopic (exact) mass is 276 g/mol. The lowest BCUT2D eigenvalue weighted by molar-refractivity contribution is 0.179. The van der Waals surface area contributed by atoms with E-state index in [4.69, 9.17) is 4.74 Å². The zero-order valence-corrected chi connectivity index (χ0v) is 13.1. The number of nitrogens with zero attached hydrogens (tertiary/aromatic N) is 1. The zero-order valence-electron chi connectivity index (χ0n) is 13.1. The summed E-state index contributed by atoms with van der Waals surface area (Å²) < 4.78 is 5.18. The molecule has 0 aromatic heterocycles. The van der Waals surface area contributed by atoms with Crippen molar-refractivity contribution in [3.63, 3.8) is 0 Å². The van der Waals surface area contributed by atoms with Gasteiger partial charge in [0.15, 0.2) is 0 Å². The van der Waals surface area contributed by atoms with Crippen LogP contribution in [0.4, 0.5) is 0 Å². The zero-order chi connectivity index (χ0) is 14.4. The van der Waals surface area contributed by atoms with E-state index in [1.165, 1.54) is 38.0 Å². The summed E-state index contributed by atoms with van der Waals surface area (Å²) in [4.78, 5) is 2.59. The van der Waals surface area contributed by atoms with E-state index in [0.29, 0.717) is 6.04 Å². The van der Waals surface area contributed by atoms with Crippen LogP contribution in [-0.2, 0) is 6.54 Å². The molecule has 1 aliphatic heterocycles. The van der Waals surface area contributed by atoms with Crippen LogP contribution in [0, 0.1) is 5.92 Å². The molecule has 0 aliphatic carbocycles. The molecule has 1 aromatic rings. The Morgan fingerprint density at radius 3 is 2.40 bits per heavy atom. The van der Waals surface area contributed by atoms with Crippen LogP contribution in [0.25, 0.3) is 0 Å². The van der Waals surface area contributed by atoms with Gasteiger partial charge in [0.1, 0.15) is 5.75 Å². The summed E-state index contributed by atoms with van der Waals surface area (Å²) in [6, 6.07) is 9.00. The first kappa shape index (κ1) is 15.3. The molecule has 112 valence electrons. The van der Waals surface area contributed by atoms with Crippen molar-refractivity contribution in [1.29, 1.82) is 0 Å². The number of hydrogen-bond donors (Lipinski definition) is 1. The molecule has 20 heavy (non-hydrogen) atoms. The van der Waals surface area contributed by atoms with Gasteiger partial charge in [0.25, 0.3) is 0 Å². The van der Waals surface area contributed by atoms with Gasteiger partial charge in [0, 0.05) is 19.1 Å². The van der Waals surface area contributed by atoms with E-state index < -0.39 is 0 Å². The van der Waals surface area contributed by atoms with Crippen LogP contribution in [0.15, 0.2) is 24.3 Å². The molecular weight excluding hydrogens is 248 g/mol. The number of nitrogens with one attached hydrogen (secondary N) is 1. The third kappa shape index (κ3) is 4.80. The average molecular weight is 276 g/mol. The van der Waals surface area contributed by atoms with Crippen molar-refractivity contribution in [1.82, 2.24) is 10.2 Å². The molecule has 0 radical (unpaired) electrons. The molecule has 0 saturated carbocycles. The van der Waals surface area contributed by atoms with Crippen LogP contribution in [0.1, 0.15) is 32.3 Å². The lowest BCUT2D eigenvalue weighted by Gasteiger charge is -2.33. The number of rotatable bonds is 6. The van der Waals surface area contributed by atoms with Crippen LogP contribution >= 0.6 is 0 Å². The number of ether oxygens (including phenoxy) is 1. The second-order valence-electron chi connectivity index (χ2n) is 6.20. The van der Waals surface area contributed by atoms with Crippen molar-refractivity contribution in [3.8, 4) is 5.75 Å². The van der Waals surface area contributed by atoms with Crippen molar-refractivity contribution in [2.45, 2.75) is 39.3 Å². The van der Waals surface area contributed by atoms with Crippen molar-refractivity contribution in [3.05, 3.63) is 29.8 Å². The Bertz CT molecular complexity index is 380. The molecule has 0 spiro atoms. The van der Waals surface area contributed by atoms with E-state index in [0.717, 1.165) is 18.2 Å². The molecule has 1 heterocycles. The Morgan fingerprint density at radius 2 is 1.85 bits per heavy atom. The Kier molecular flexibility index (Phi) is 5.86. The van der Waals surface area contributed by atoms with Crippen molar-refractivity contribution in [2.24, 2.45) is 5.92 Å². The van der Waals surface area contributed by atoms with Crippen LogP contribution < -0.4 is 10.1 Å². The second kappa shape index (κ2) is 7.65. The average Bonchev–Trinajstić information content (AvgIpc) is 2.46. The highest BCUT2D eigenvalue weighted by Crippen LogP contribution is 2.14. The molecule has 0 unspecified atom stereocenters. The summed E-state index contributed by atoms with van der Waals surface area (Å²) in [7, 11) is 1.71. The van der Waals surface area contributed by atoms with Gasteiger partial charge in [0.05, 0.1) is 7.11 Å². The minimum absolute atomic E-state index is 0.667. The topological polar surface area (TPSA) is 24.5 Å². The smallest absolute Gasteiger partial charge is 0.118 e. The van der Waals surface area contributed by atoms with Gasteiger partial charge in [-0.05, 0) is 49.5 Å². The number of benzene rings is 1. The first-order valence-electron chi connectivity index (χ1n) is 7.76. The summed E-state index contributed by atoms with van der Waals surface area (Å²) in [6.45, 7) is 9.27. The molecule has 1 aromatic carbocycles. The molecule has 3 heteroatoms. The Balaban J connectivity index is 1.70. The molecule has 0 atom stereocenters. The van der Waals surface area contributed by atoms with Crippen LogP contribution in [0.5, 0.6) is 5.75 Å². The van der Waals surface area contributed by atoms with Gasteiger partial charge in [-0.1, -0.05) is 26.0 Å². The van der Waals surface area contributed by atoms with E-state index in [9.17, 15) is 0 Å². The summed E-state index contributed by atoms with van der Waals surface area (Å²) in [5.74, 6) is 1.70. The molecule has 0 bridgehead atoms. The van der Waals surface area contributed by atoms with Crippen LogP contribution in [0.3, 0.4) is 0 Å². The highest BCUT2D eigenvalue weighted by Gasteiger charge is 2.18. The molecule has 2 rings (SSSR count). The van der Waals surface area contributed by atoms with Crippen LogP contribution in [0.2, 0.25) is 0 Å². The predicted molar refractivity (Wildman–Crippen MR) is 84.1 cm³/mol. The van der Waals surface area contributed by atoms with Gasteiger partial charge in [-0.2, -0.15) is 0 Å². The quantitative estimate of drug-likeness (QED) is 0.864. The minimum Gasteiger partial charge on any atom is -0.497 e. The predicted octanol–water partition coefficient (Wildman–Crippen LogP) is 2.91. The fourth-order valence-electron chi connectivity index (χ4n) is 2.84. The molecule has 1 saturated heterocycles. The fourth-order valence-corrected chi connectivity index (χ4v) is 2.84. The fraction of sp³-hybridized carbons (Fsp3) is 0.647. The lowest BCUT2D eigenvalue weighted by Crippen LogP contribution is -2.43. The standard InChI is InChI=1S/C17H28N2O/c1-14(2)13-19-10-8-16(9-11-19)18-12-15-4-6-17(20-3)7-5-15/h4-7,14,16,18H,8-13H2,1-3H3. The Morgan fingerprint density at radius 1 is 1.20 bits per heavy atom. The Labute approximate surface area is 123 Å². The van der Waals surface area contributed by atoms with Gasteiger partial charge < -0.3 is 15.0 Å². The van der Waals surface area contributed by atoms with Gasteiger partial charge in [-0.15, -0.1) is 0 Å². The highest BCUT2D eigenvalue weighted by atomic mass is 16.5. The van der Waals surface area contributed by atoms with Crippen molar-refractivity contribution in [2.75, 3.05) is 26.7 Å². The molecule has 3 nitrogen and oxygen atoms in total. The van der Waals surface area contributed by atoms with Crippen LogP contribution in [-0.4, -0.2) is 37.7 Å². The number of piperidine rings is 1. The third-order valence-corrected chi connectivity index (χ3v) is 3.96. The minimum atomic E-state index is 0.667. The van der Waals surface area contributed by atoms with E-state index in [-0.39, 0.29) is 0 Å². The SMILES string of the molecule is COc1ccc(CNC2CCN(CC(C)C)CC2)cc1. The normalized spacial score (nSPS) is 17.6. The van der Waals surface area contributed by atoms with E-state index in [1.54, 1.807) is 7.11 Å². The van der Waals surface area contributed by atoms with E-state index in [1.807, 2.05) is 12.1 Å². The number of methoxy groups -OCH3 is 1. The summed E-state index contributed by atoms with van der Waals surface area (Å²) in [6.07, 6.45) is 2.53. The largest absolute Gasteiger partial charge is 0.497 e. The molecular formula is C17H28N2O. The van der Waals surface area contributed by atoms with Gasteiger partial charge in [-0.25, -0.2) is 0 Å². The van der Waals surface area contributed by atoms with E-state index in [2.05, 4.69) is 36.2 Å². The Hall–Kier alpha value is -1.06.